The Balaban J connectivity index is 1.28. The van der Waals surface area contributed by atoms with E-state index >= 15 is 0 Å². The molecule has 2 aromatic carbocycles. The fraction of sp³-hybridized carbons (Fsp3) is 0.400. The van der Waals surface area contributed by atoms with Gasteiger partial charge in [-0.2, -0.15) is 0 Å². The highest BCUT2D eigenvalue weighted by molar-refractivity contribution is 5.94. The van der Waals surface area contributed by atoms with E-state index in [9.17, 15) is 14.4 Å². The number of nitrogens with zero attached hydrogens (tertiary/aromatic N) is 2. The van der Waals surface area contributed by atoms with Gasteiger partial charge in [-0.25, -0.2) is 0 Å². The minimum Gasteiger partial charge on any atom is -0.352 e. The van der Waals surface area contributed by atoms with Crippen LogP contribution >= 0.6 is 0 Å². The third kappa shape index (κ3) is 7.24. The zero-order valence-corrected chi connectivity index (χ0v) is 18.0. The van der Waals surface area contributed by atoms with E-state index in [2.05, 4.69) is 17.4 Å². The van der Waals surface area contributed by atoms with Gasteiger partial charge in [0.25, 0.3) is 5.91 Å². The van der Waals surface area contributed by atoms with Gasteiger partial charge < -0.3 is 15.1 Å². The summed E-state index contributed by atoms with van der Waals surface area (Å²) >= 11 is 0. The molecule has 0 aromatic heterocycles. The Labute approximate surface area is 184 Å². The second-order valence-electron chi connectivity index (χ2n) is 7.83. The maximum absolute atomic E-state index is 12.4. The van der Waals surface area contributed by atoms with E-state index in [0.717, 1.165) is 12.8 Å². The molecule has 0 unspecified atom stereocenters. The summed E-state index contributed by atoms with van der Waals surface area (Å²) in [5.74, 6) is 0.143. The Morgan fingerprint density at radius 1 is 0.710 bits per heavy atom. The van der Waals surface area contributed by atoms with Crippen molar-refractivity contribution in [2.75, 3.05) is 32.7 Å². The molecule has 0 radical (unpaired) electrons. The van der Waals surface area contributed by atoms with Crippen LogP contribution < -0.4 is 5.32 Å². The van der Waals surface area contributed by atoms with Gasteiger partial charge in [-0.1, -0.05) is 48.5 Å². The van der Waals surface area contributed by atoms with Crippen LogP contribution in [0.2, 0.25) is 0 Å². The average Bonchev–Trinajstić information content (AvgIpc) is 2.83. The number of hydrogen-bond donors (Lipinski definition) is 1. The average molecular weight is 422 g/mol. The van der Waals surface area contributed by atoms with Crippen LogP contribution in [0.4, 0.5) is 0 Å². The summed E-state index contributed by atoms with van der Waals surface area (Å²) < 4.78 is 0. The van der Waals surface area contributed by atoms with E-state index in [4.69, 9.17) is 0 Å². The molecule has 3 rings (SSSR count). The second kappa shape index (κ2) is 11.9. The second-order valence-corrected chi connectivity index (χ2v) is 7.83. The molecule has 0 atom stereocenters. The van der Waals surface area contributed by atoms with Gasteiger partial charge >= 0.3 is 0 Å². The highest BCUT2D eigenvalue weighted by atomic mass is 16.2. The summed E-state index contributed by atoms with van der Waals surface area (Å²) in [6.07, 6.45) is 3.31. The molecule has 164 valence electrons. The molecule has 0 aliphatic carbocycles. The van der Waals surface area contributed by atoms with Gasteiger partial charge in [0.1, 0.15) is 0 Å². The van der Waals surface area contributed by atoms with Gasteiger partial charge in [-0.3, -0.25) is 14.4 Å². The van der Waals surface area contributed by atoms with Crippen molar-refractivity contribution in [3.05, 3.63) is 71.8 Å². The van der Waals surface area contributed by atoms with Crippen LogP contribution in [0.25, 0.3) is 0 Å². The monoisotopic (exact) mass is 421 g/mol. The maximum Gasteiger partial charge on any atom is 0.251 e. The largest absolute Gasteiger partial charge is 0.352 e. The number of aryl methyl sites for hydroxylation is 1. The van der Waals surface area contributed by atoms with E-state index < -0.39 is 0 Å². The van der Waals surface area contributed by atoms with Gasteiger partial charge in [-0.15, -0.1) is 0 Å². The van der Waals surface area contributed by atoms with Gasteiger partial charge in [0.2, 0.25) is 11.8 Å². The Morgan fingerprint density at radius 3 is 1.81 bits per heavy atom. The minimum atomic E-state index is -0.118. The van der Waals surface area contributed by atoms with Gasteiger partial charge in [0.05, 0.1) is 0 Å². The van der Waals surface area contributed by atoms with Crippen molar-refractivity contribution < 1.29 is 14.4 Å². The first kappa shape index (κ1) is 22.5. The number of carbonyl (C=O) groups is 3. The summed E-state index contributed by atoms with van der Waals surface area (Å²) in [4.78, 5) is 40.6. The van der Waals surface area contributed by atoms with Crippen LogP contribution in [0.15, 0.2) is 60.7 Å². The Bertz CT molecular complexity index is 847. The van der Waals surface area contributed by atoms with Crippen molar-refractivity contribution in [2.45, 2.75) is 32.1 Å². The molecule has 0 spiro atoms. The number of nitrogens with one attached hydrogen (secondary N) is 1. The predicted octanol–water partition coefficient (Wildman–Crippen LogP) is 2.89. The fourth-order valence-electron chi connectivity index (χ4n) is 3.74. The number of rotatable bonds is 9. The van der Waals surface area contributed by atoms with Crippen LogP contribution in [-0.4, -0.2) is 60.2 Å². The van der Waals surface area contributed by atoms with E-state index in [1.54, 1.807) is 12.1 Å². The first-order chi connectivity index (χ1) is 15.1. The molecule has 0 saturated carbocycles. The van der Waals surface area contributed by atoms with Crippen LogP contribution in [0.5, 0.6) is 0 Å². The smallest absolute Gasteiger partial charge is 0.251 e. The molecule has 1 heterocycles. The number of benzene rings is 2. The van der Waals surface area contributed by atoms with Gasteiger partial charge in [0, 0.05) is 51.1 Å². The van der Waals surface area contributed by atoms with Crippen LogP contribution in [0, 0.1) is 0 Å². The molecule has 1 fully saturated rings. The molecule has 1 saturated heterocycles. The minimum absolute atomic E-state index is 0.0881. The Hall–Kier alpha value is -3.15. The SMILES string of the molecule is O=C(NCCCC(=O)N1CCN(C(=O)CCCc2ccccc2)CC1)c1ccccc1. The topological polar surface area (TPSA) is 69.7 Å². The lowest BCUT2D eigenvalue weighted by atomic mass is 10.1. The zero-order valence-electron chi connectivity index (χ0n) is 18.0. The molecule has 1 aliphatic heterocycles. The molecule has 6 heteroatoms. The van der Waals surface area contributed by atoms with E-state index in [1.165, 1.54) is 5.56 Å². The Kier molecular flexibility index (Phi) is 8.64. The highest BCUT2D eigenvalue weighted by Gasteiger charge is 2.23. The number of amides is 3. The van der Waals surface area contributed by atoms with Crippen LogP contribution in [-0.2, 0) is 16.0 Å². The number of carbonyl (C=O) groups excluding carboxylic acids is 3. The van der Waals surface area contributed by atoms with Crippen molar-refractivity contribution >= 4 is 17.7 Å². The molecule has 1 N–H and O–H groups in total. The molecular formula is C25H31N3O3. The standard InChI is InChI=1S/C25H31N3O3/c29-23(14-7-11-21-9-3-1-4-10-21)27-17-19-28(20-18-27)24(30)15-8-16-26-25(31)22-12-5-2-6-13-22/h1-6,9-10,12-13H,7-8,11,14-20H2,(H,26,31). The summed E-state index contributed by atoms with van der Waals surface area (Å²) in [5, 5.41) is 2.85. The fourth-order valence-corrected chi connectivity index (χ4v) is 3.74. The number of hydrogen-bond acceptors (Lipinski definition) is 3. The number of piperazine rings is 1. The van der Waals surface area contributed by atoms with Crippen LogP contribution in [0.3, 0.4) is 0 Å². The molecule has 0 bridgehead atoms. The summed E-state index contributed by atoms with van der Waals surface area (Å²) in [5.41, 5.74) is 1.88. The van der Waals surface area contributed by atoms with Crippen molar-refractivity contribution in [1.82, 2.24) is 15.1 Å². The predicted molar refractivity (Wildman–Crippen MR) is 121 cm³/mol. The molecule has 1 aliphatic rings. The zero-order chi connectivity index (χ0) is 21.9. The molecule has 2 aromatic rings. The highest BCUT2D eigenvalue weighted by Crippen LogP contribution is 2.10. The van der Waals surface area contributed by atoms with E-state index in [-0.39, 0.29) is 17.7 Å². The summed E-state index contributed by atoms with van der Waals surface area (Å²) in [6, 6.07) is 19.3. The molecular weight excluding hydrogens is 390 g/mol. The Morgan fingerprint density at radius 2 is 1.23 bits per heavy atom. The quantitative estimate of drug-likeness (QED) is 0.633. The normalized spacial score (nSPS) is 13.7. The van der Waals surface area contributed by atoms with Crippen molar-refractivity contribution in [3.63, 3.8) is 0 Å². The first-order valence-corrected chi connectivity index (χ1v) is 11.1. The maximum atomic E-state index is 12.4. The lowest BCUT2D eigenvalue weighted by Gasteiger charge is -2.35. The summed E-state index contributed by atoms with van der Waals surface area (Å²) in [6.45, 7) is 2.83. The van der Waals surface area contributed by atoms with Gasteiger partial charge in [-0.05, 0) is 37.0 Å². The third-order valence-corrected chi connectivity index (χ3v) is 5.57. The van der Waals surface area contributed by atoms with Gasteiger partial charge in [0.15, 0.2) is 0 Å². The van der Waals surface area contributed by atoms with E-state index in [0.29, 0.717) is 57.5 Å². The lowest BCUT2D eigenvalue weighted by molar-refractivity contribution is -0.139. The van der Waals surface area contributed by atoms with Crippen LogP contribution in [0.1, 0.15) is 41.6 Å². The molecule has 31 heavy (non-hydrogen) atoms. The summed E-state index contributed by atoms with van der Waals surface area (Å²) in [7, 11) is 0. The third-order valence-electron chi connectivity index (χ3n) is 5.57. The molecule has 6 nitrogen and oxygen atoms in total. The first-order valence-electron chi connectivity index (χ1n) is 11.1. The molecule has 3 amide bonds. The lowest BCUT2D eigenvalue weighted by Crippen LogP contribution is -2.50. The van der Waals surface area contributed by atoms with E-state index in [1.807, 2.05) is 46.2 Å². The van der Waals surface area contributed by atoms with Crippen molar-refractivity contribution in [2.24, 2.45) is 0 Å². The van der Waals surface area contributed by atoms with Crippen molar-refractivity contribution in [3.8, 4) is 0 Å². The van der Waals surface area contributed by atoms with Crippen molar-refractivity contribution in [1.29, 1.82) is 0 Å².